The van der Waals surface area contributed by atoms with Crippen LogP contribution in [0.4, 0.5) is 20.2 Å². The molecule has 23 heavy (non-hydrogen) atoms. The minimum atomic E-state index is -1.03. The summed E-state index contributed by atoms with van der Waals surface area (Å²) in [6.07, 6.45) is 3.48. The van der Waals surface area contributed by atoms with Crippen molar-refractivity contribution in [3.8, 4) is 0 Å². The average molecular weight is 316 g/mol. The van der Waals surface area contributed by atoms with Crippen LogP contribution in [0.3, 0.4) is 0 Å². The third-order valence-electron chi connectivity index (χ3n) is 4.03. The van der Waals surface area contributed by atoms with Crippen LogP contribution >= 0.6 is 0 Å². The van der Waals surface area contributed by atoms with Crippen LogP contribution in [0.25, 0.3) is 0 Å². The Kier molecular flexibility index (Phi) is 4.55. The summed E-state index contributed by atoms with van der Waals surface area (Å²) >= 11 is 0. The van der Waals surface area contributed by atoms with Gasteiger partial charge >= 0.3 is 0 Å². The highest BCUT2D eigenvalue weighted by Crippen LogP contribution is 2.28. The molecule has 1 aliphatic rings. The molecule has 120 valence electrons. The molecule has 1 heterocycles. The van der Waals surface area contributed by atoms with Gasteiger partial charge in [-0.05, 0) is 49.6 Å². The van der Waals surface area contributed by atoms with Gasteiger partial charge in [0.2, 0.25) is 0 Å². The van der Waals surface area contributed by atoms with Crippen LogP contribution in [0.5, 0.6) is 0 Å². The second kappa shape index (κ2) is 6.77. The predicted molar refractivity (Wildman–Crippen MR) is 86.8 cm³/mol. The van der Waals surface area contributed by atoms with Crippen LogP contribution in [0.15, 0.2) is 42.5 Å². The third-order valence-corrected chi connectivity index (χ3v) is 4.03. The molecule has 1 N–H and O–H groups in total. The Morgan fingerprint density at radius 1 is 0.957 bits per heavy atom. The fourth-order valence-corrected chi connectivity index (χ4v) is 2.82. The summed E-state index contributed by atoms with van der Waals surface area (Å²) in [6, 6.07) is 10.7. The van der Waals surface area contributed by atoms with Gasteiger partial charge in [0.25, 0.3) is 5.91 Å². The molecule has 0 unspecified atom stereocenters. The minimum absolute atomic E-state index is 0.0948. The van der Waals surface area contributed by atoms with E-state index in [-0.39, 0.29) is 5.56 Å². The maximum atomic E-state index is 13.3. The van der Waals surface area contributed by atoms with Crippen molar-refractivity contribution in [3.05, 3.63) is 59.7 Å². The third kappa shape index (κ3) is 3.50. The summed E-state index contributed by atoms with van der Waals surface area (Å²) in [5.74, 6) is -2.44. The van der Waals surface area contributed by atoms with Crippen molar-refractivity contribution in [3.63, 3.8) is 0 Å². The van der Waals surface area contributed by atoms with E-state index in [9.17, 15) is 13.6 Å². The summed E-state index contributed by atoms with van der Waals surface area (Å²) < 4.78 is 26.3. The first kappa shape index (κ1) is 15.5. The number of halogens is 2. The van der Waals surface area contributed by atoms with E-state index in [1.807, 2.05) is 24.3 Å². The number of hydrogen-bond acceptors (Lipinski definition) is 2. The van der Waals surface area contributed by atoms with E-state index < -0.39 is 17.5 Å². The van der Waals surface area contributed by atoms with Crippen LogP contribution in [0.1, 0.15) is 29.6 Å². The number of carbonyl (C=O) groups is 1. The Morgan fingerprint density at radius 3 is 2.43 bits per heavy atom. The lowest BCUT2D eigenvalue weighted by atomic mass is 10.1. The smallest absolute Gasteiger partial charge is 0.255 e. The Labute approximate surface area is 133 Å². The summed E-state index contributed by atoms with van der Waals surface area (Å²) in [7, 11) is 0. The number of nitrogens with one attached hydrogen (secondary N) is 1. The van der Waals surface area contributed by atoms with E-state index in [1.54, 1.807) is 0 Å². The number of hydrogen-bond donors (Lipinski definition) is 1. The number of para-hydroxylation sites is 2. The lowest BCUT2D eigenvalue weighted by Crippen LogP contribution is -2.30. The molecule has 1 aliphatic heterocycles. The first-order valence-corrected chi connectivity index (χ1v) is 7.75. The number of anilines is 2. The molecular weight excluding hydrogens is 298 g/mol. The normalized spacial score (nSPS) is 14.6. The summed E-state index contributed by atoms with van der Waals surface area (Å²) in [5.41, 5.74) is 1.74. The Morgan fingerprint density at radius 2 is 1.70 bits per heavy atom. The molecule has 2 aromatic rings. The van der Waals surface area contributed by atoms with Crippen molar-refractivity contribution >= 4 is 17.3 Å². The monoisotopic (exact) mass is 316 g/mol. The van der Waals surface area contributed by atoms with Gasteiger partial charge in [0, 0.05) is 18.7 Å². The molecule has 0 spiro atoms. The van der Waals surface area contributed by atoms with E-state index in [0.717, 1.165) is 43.8 Å². The second-order valence-electron chi connectivity index (χ2n) is 5.65. The number of carbonyl (C=O) groups excluding carboxylic acids is 1. The van der Waals surface area contributed by atoms with E-state index >= 15 is 0 Å². The average Bonchev–Trinajstić information content (AvgIpc) is 2.58. The zero-order valence-electron chi connectivity index (χ0n) is 12.7. The van der Waals surface area contributed by atoms with Crippen LogP contribution in [-0.2, 0) is 0 Å². The molecule has 0 saturated carbocycles. The molecule has 1 amide bonds. The zero-order chi connectivity index (χ0) is 16.2. The number of rotatable bonds is 3. The molecule has 1 fully saturated rings. The molecule has 3 nitrogen and oxygen atoms in total. The maximum Gasteiger partial charge on any atom is 0.255 e. The number of amides is 1. The van der Waals surface area contributed by atoms with Crippen molar-refractivity contribution in [1.29, 1.82) is 0 Å². The first-order chi connectivity index (χ1) is 11.1. The van der Waals surface area contributed by atoms with Crippen LogP contribution in [-0.4, -0.2) is 19.0 Å². The minimum Gasteiger partial charge on any atom is -0.370 e. The molecule has 0 atom stereocenters. The fraction of sp³-hybridized carbons (Fsp3) is 0.278. The molecule has 0 aromatic heterocycles. The van der Waals surface area contributed by atoms with Gasteiger partial charge in [0.1, 0.15) is 0 Å². The van der Waals surface area contributed by atoms with E-state index in [4.69, 9.17) is 0 Å². The summed E-state index contributed by atoms with van der Waals surface area (Å²) in [6.45, 7) is 1.91. The largest absolute Gasteiger partial charge is 0.370 e. The molecule has 0 radical (unpaired) electrons. The maximum absolute atomic E-state index is 13.3. The number of nitrogens with zero attached hydrogens (tertiary/aromatic N) is 1. The van der Waals surface area contributed by atoms with Gasteiger partial charge in [-0.15, -0.1) is 0 Å². The zero-order valence-corrected chi connectivity index (χ0v) is 12.7. The quantitative estimate of drug-likeness (QED) is 0.920. The lowest BCUT2D eigenvalue weighted by molar-refractivity contribution is 0.102. The highest BCUT2D eigenvalue weighted by molar-refractivity contribution is 6.05. The molecule has 1 saturated heterocycles. The van der Waals surface area contributed by atoms with Gasteiger partial charge in [-0.3, -0.25) is 4.79 Å². The highest BCUT2D eigenvalue weighted by Gasteiger charge is 2.16. The van der Waals surface area contributed by atoms with E-state index in [1.165, 1.54) is 12.5 Å². The number of piperidine rings is 1. The lowest BCUT2D eigenvalue weighted by Gasteiger charge is -2.30. The van der Waals surface area contributed by atoms with Gasteiger partial charge in [-0.25, -0.2) is 8.78 Å². The van der Waals surface area contributed by atoms with Crippen molar-refractivity contribution < 1.29 is 13.6 Å². The van der Waals surface area contributed by atoms with Gasteiger partial charge < -0.3 is 10.2 Å². The van der Waals surface area contributed by atoms with Crippen LogP contribution in [0, 0.1) is 11.6 Å². The Hall–Kier alpha value is -2.43. The Bertz CT molecular complexity index is 712. The second-order valence-corrected chi connectivity index (χ2v) is 5.65. The first-order valence-electron chi connectivity index (χ1n) is 7.75. The molecule has 2 aromatic carbocycles. The van der Waals surface area contributed by atoms with Gasteiger partial charge in [-0.2, -0.15) is 0 Å². The van der Waals surface area contributed by atoms with Crippen LogP contribution in [0.2, 0.25) is 0 Å². The van der Waals surface area contributed by atoms with E-state index in [2.05, 4.69) is 10.2 Å². The van der Waals surface area contributed by atoms with Crippen molar-refractivity contribution in [2.45, 2.75) is 19.3 Å². The van der Waals surface area contributed by atoms with Crippen molar-refractivity contribution in [2.24, 2.45) is 0 Å². The van der Waals surface area contributed by atoms with Gasteiger partial charge in [0.15, 0.2) is 11.6 Å². The van der Waals surface area contributed by atoms with E-state index in [0.29, 0.717) is 5.69 Å². The van der Waals surface area contributed by atoms with Crippen LogP contribution < -0.4 is 10.2 Å². The molecule has 0 bridgehead atoms. The van der Waals surface area contributed by atoms with Gasteiger partial charge in [-0.1, -0.05) is 12.1 Å². The molecule has 0 aliphatic carbocycles. The Balaban J connectivity index is 1.82. The fourth-order valence-electron chi connectivity index (χ4n) is 2.82. The molecular formula is C18H18F2N2O. The highest BCUT2D eigenvalue weighted by atomic mass is 19.2. The predicted octanol–water partition coefficient (Wildman–Crippen LogP) is 4.21. The topological polar surface area (TPSA) is 32.3 Å². The standard InChI is InChI=1S/C18H18F2N2O/c19-14-9-8-13(12-15(14)20)18(23)21-16-6-2-3-7-17(16)22-10-4-1-5-11-22/h2-3,6-9,12H,1,4-5,10-11H2,(H,21,23). The molecule has 3 rings (SSSR count). The number of benzene rings is 2. The SMILES string of the molecule is O=C(Nc1ccccc1N1CCCCC1)c1ccc(F)c(F)c1. The van der Waals surface area contributed by atoms with Gasteiger partial charge in [0.05, 0.1) is 11.4 Å². The molecule has 5 heteroatoms. The summed E-state index contributed by atoms with van der Waals surface area (Å²) in [5, 5.41) is 2.80. The van der Waals surface area contributed by atoms with Crippen molar-refractivity contribution in [2.75, 3.05) is 23.3 Å². The van der Waals surface area contributed by atoms with Crippen molar-refractivity contribution in [1.82, 2.24) is 0 Å². The summed E-state index contributed by atoms with van der Waals surface area (Å²) in [4.78, 5) is 14.5.